The third-order valence-corrected chi connectivity index (χ3v) is 3.49. The van der Waals surface area contributed by atoms with E-state index in [1.165, 1.54) is 13.2 Å². The number of carbonyl (C=O) groups excluding carboxylic acids is 1. The predicted molar refractivity (Wildman–Crippen MR) is 78.6 cm³/mol. The van der Waals surface area contributed by atoms with E-state index in [-0.39, 0.29) is 11.9 Å². The van der Waals surface area contributed by atoms with Crippen molar-refractivity contribution in [2.24, 2.45) is 0 Å². The maximum absolute atomic E-state index is 13.5. The molecule has 2 aromatic carbocycles. The second-order valence-corrected chi connectivity index (χ2v) is 4.82. The van der Waals surface area contributed by atoms with E-state index in [1.54, 1.807) is 35.8 Å². The fourth-order valence-corrected chi connectivity index (χ4v) is 2.37. The number of hydrogen-bond acceptors (Lipinski definition) is 5. The van der Waals surface area contributed by atoms with Crippen molar-refractivity contribution in [2.45, 2.75) is 6.17 Å². The van der Waals surface area contributed by atoms with E-state index in [2.05, 4.69) is 10.6 Å². The van der Waals surface area contributed by atoms with E-state index in [4.69, 9.17) is 9.94 Å². The Hall–Kier alpha value is -2.80. The Labute approximate surface area is 125 Å². The highest BCUT2D eigenvalue weighted by atomic mass is 19.1. The fourth-order valence-electron chi connectivity index (χ4n) is 2.37. The van der Waals surface area contributed by atoms with Crippen LogP contribution in [0.3, 0.4) is 0 Å². The summed E-state index contributed by atoms with van der Waals surface area (Å²) in [7, 11) is 1.41. The van der Waals surface area contributed by atoms with E-state index >= 15 is 0 Å². The molecule has 0 spiro atoms. The van der Waals surface area contributed by atoms with Gasteiger partial charge in [0.2, 0.25) is 0 Å². The Bertz CT molecular complexity index is 736. The lowest BCUT2D eigenvalue weighted by Crippen LogP contribution is -2.18. The molecule has 1 atom stereocenters. The van der Waals surface area contributed by atoms with Crippen molar-refractivity contribution >= 4 is 17.3 Å². The van der Waals surface area contributed by atoms with Gasteiger partial charge in [0.15, 0.2) is 11.6 Å². The molecule has 7 heteroatoms. The maximum Gasteiger partial charge on any atom is 0.274 e. The maximum atomic E-state index is 13.5. The van der Waals surface area contributed by atoms with E-state index in [0.717, 1.165) is 16.9 Å². The van der Waals surface area contributed by atoms with Gasteiger partial charge in [0.25, 0.3) is 5.91 Å². The number of methoxy groups -OCH3 is 1. The summed E-state index contributed by atoms with van der Waals surface area (Å²) < 4.78 is 18.4. The topological polar surface area (TPSA) is 82.6 Å². The molecule has 4 N–H and O–H groups in total. The Morgan fingerprint density at radius 3 is 2.73 bits per heavy atom. The SMILES string of the molecule is COc1cc(C2Nc3ccc(C(=O)NO)cc3N2)ccc1F. The van der Waals surface area contributed by atoms with E-state index in [9.17, 15) is 9.18 Å². The molecule has 22 heavy (non-hydrogen) atoms. The van der Waals surface area contributed by atoms with Gasteiger partial charge in [0, 0.05) is 5.56 Å². The molecule has 1 aliphatic rings. The molecule has 0 aromatic heterocycles. The number of amides is 1. The van der Waals surface area contributed by atoms with Crippen LogP contribution in [0.15, 0.2) is 36.4 Å². The summed E-state index contributed by atoms with van der Waals surface area (Å²) in [5, 5.41) is 15.1. The zero-order valence-electron chi connectivity index (χ0n) is 11.7. The van der Waals surface area contributed by atoms with Crippen molar-refractivity contribution < 1.29 is 19.1 Å². The monoisotopic (exact) mass is 303 g/mol. The lowest BCUT2D eigenvalue weighted by atomic mass is 10.1. The minimum absolute atomic E-state index is 0.164. The van der Waals surface area contributed by atoms with Gasteiger partial charge in [-0.3, -0.25) is 10.0 Å². The van der Waals surface area contributed by atoms with Crippen LogP contribution in [0.25, 0.3) is 0 Å². The number of hydroxylamine groups is 1. The van der Waals surface area contributed by atoms with Crippen LogP contribution in [0.2, 0.25) is 0 Å². The van der Waals surface area contributed by atoms with Crippen molar-refractivity contribution in [1.82, 2.24) is 5.48 Å². The van der Waals surface area contributed by atoms with E-state index in [1.807, 2.05) is 0 Å². The molecule has 0 bridgehead atoms. The molecule has 0 saturated carbocycles. The van der Waals surface area contributed by atoms with Crippen LogP contribution >= 0.6 is 0 Å². The molecule has 3 rings (SSSR count). The lowest BCUT2D eigenvalue weighted by molar-refractivity contribution is 0.0706. The molecule has 2 aromatic rings. The van der Waals surface area contributed by atoms with E-state index < -0.39 is 11.7 Å². The van der Waals surface area contributed by atoms with Gasteiger partial charge in [-0.25, -0.2) is 9.87 Å². The Kier molecular flexibility index (Phi) is 3.56. The molecule has 6 nitrogen and oxygen atoms in total. The molecule has 1 aliphatic heterocycles. The van der Waals surface area contributed by atoms with Crippen molar-refractivity contribution in [1.29, 1.82) is 0 Å². The second kappa shape index (κ2) is 5.53. The minimum Gasteiger partial charge on any atom is -0.494 e. The number of halogens is 1. The van der Waals surface area contributed by atoms with Crippen LogP contribution in [0.5, 0.6) is 5.75 Å². The highest BCUT2D eigenvalue weighted by Crippen LogP contribution is 2.36. The van der Waals surface area contributed by atoms with Gasteiger partial charge in [0.1, 0.15) is 6.17 Å². The first-order chi connectivity index (χ1) is 10.6. The van der Waals surface area contributed by atoms with Crippen LogP contribution in [0.4, 0.5) is 15.8 Å². The Balaban J connectivity index is 1.86. The molecule has 0 saturated heterocycles. The van der Waals surface area contributed by atoms with Crippen molar-refractivity contribution in [3.05, 3.63) is 53.3 Å². The zero-order valence-corrected chi connectivity index (χ0v) is 11.7. The summed E-state index contributed by atoms with van der Waals surface area (Å²) in [5.41, 5.74) is 4.24. The van der Waals surface area contributed by atoms with Crippen molar-refractivity contribution in [3.63, 3.8) is 0 Å². The number of rotatable bonds is 3. The normalized spacial score (nSPS) is 15.5. The Morgan fingerprint density at radius 2 is 2.00 bits per heavy atom. The van der Waals surface area contributed by atoms with Gasteiger partial charge >= 0.3 is 0 Å². The largest absolute Gasteiger partial charge is 0.494 e. The summed E-state index contributed by atoms with van der Waals surface area (Å²) in [6.45, 7) is 0. The summed E-state index contributed by atoms with van der Waals surface area (Å²) in [6, 6.07) is 9.53. The predicted octanol–water partition coefficient (Wildman–Crippen LogP) is 2.49. The molecular formula is C15H14FN3O3. The smallest absolute Gasteiger partial charge is 0.274 e. The van der Waals surface area contributed by atoms with Gasteiger partial charge in [0.05, 0.1) is 18.5 Å². The summed E-state index contributed by atoms with van der Waals surface area (Å²) in [6.07, 6.45) is -0.267. The van der Waals surface area contributed by atoms with Gasteiger partial charge in [-0.15, -0.1) is 0 Å². The number of carbonyl (C=O) groups is 1. The number of hydrogen-bond donors (Lipinski definition) is 4. The van der Waals surface area contributed by atoms with Gasteiger partial charge in [-0.2, -0.15) is 0 Å². The fraction of sp³-hybridized carbons (Fsp3) is 0.133. The number of nitrogens with one attached hydrogen (secondary N) is 3. The van der Waals surface area contributed by atoms with Crippen LogP contribution in [0, 0.1) is 5.82 Å². The van der Waals surface area contributed by atoms with Crippen LogP contribution < -0.4 is 20.9 Å². The highest BCUT2D eigenvalue weighted by molar-refractivity contribution is 5.96. The van der Waals surface area contributed by atoms with Gasteiger partial charge in [-0.1, -0.05) is 6.07 Å². The zero-order chi connectivity index (χ0) is 15.7. The molecule has 1 amide bonds. The average Bonchev–Trinajstić information content (AvgIpc) is 2.97. The van der Waals surface area contributed by atoms with E-state index in [0.29, 0.717) is 5.56 Å². The lowest BCUT2D eigenvalue weighted by Gasteiger charge is -2.14. The third kappa shape index (κ3) is 2.42. The molecule has 1 heterocycles. The quantitative estimate of drug-likeness (QED) is 0.517. The summed E-state index contributed by atoms with van der Waals surface area (Å²) >= 11 is 0. The molecule has 0 fully saturated rings. The number of anilines is 2. The molecule has 0 radical (unpaired) electrons. The second-order valence-electron chi connectivity index (χ2n) is 4.82. The first kappa shape index (κ1) is 14.2. The number of ether oxygens (including phenoxy) is 1. The standard InChI is InChI=1S/C15H14FN3O3/c1-22-13-7-8(2-4-10(13)16)14-17-11-5-3-9(15(20)19-21)6-12(11)18-14/h2-7,14,17-18,21H,1H3,(H,19,20). The van der Waals surface area contributed by atoms with Crippen molar-refractivity contribution in [3.8, 4) is 5.75 Å². The highest BCUT2D eigenvalue weighted by Gasteiger charge is 2.23. The third-order valence-electron chi connectivity index (χ3n) is 3.49. The first-order valence-electron chi connectivity index (χ1n) is 6.57. The molecular weight excluding hydrogens is 289 g/mol. The van der Waals surface area contributed by atoms with Gasteiger partial charge < -0.3 is 15.4 Å². The first-order valence-corrected chi connectivity index (χ1v) is 6.57. The molecule has 1 unspecified atom stereocenters. The number of benzene rings is 2. The summed E-state index contributed by atoms with van der Waals surface area (Å²) in [5.74, 6) is -0.849. The van der Waals surface area contributed by atoms with Crippen LogP contribution in [-0.2, 0) is 0 Å². The van der Waals surface area contributed by atoms with Gasteiger partial charge in [-0.05, 0) is 35.9 Å². The van der Waals surface area contributed by atoms with Crippen molar-refractivity contribution in [2.75, 3.05) is 17.7 Å². The summed E-state index contributed by atoms with van der Waals surface area (Å²) in [4.78, 5) is 11.4. The molecule has 114 valence electrons. The Morgan fingerprint density at radius 1 is 1.23 bits per heavy atom. The molecule has 0 aliphatic carbocycles. The minimum atomic E-state index is -0.587. The average molecular weight is 303 g/mol. The van der Waals surface area contributed by atoms with Crippen LogP contribution in [0.1, 0.15) is 22.1 Å². The van der Waals surface area contributed by atoms with Crippen LogP contribution in [-0.4, -0.2) is 18.2 Å². The number of fused-ring (bicyclic) bond motifs is 1.